The minimum absolute atomic E-state index is 0.0482. The Morgan fingerprint density at radius 1 is 1.28 bits per heavy atom. The monoisotopic (exact) mass is 250 g/mol. The largest absolute Gasteiger partial charge is 0.491 e. The molecule has 18 heavy (non-hydrogen) atoms. The quantitative estimate of drug-likeness (QED) is 0.836. The van der Waals surface area contributed by atoms with Crippen molar-refractivity contribution < 1.29 is 9.53 Å². The van der Waals surface area contributed by atoms with E-state index in [0.29, 0.717) is 12.1 Å². The average molecular weight is 250 g/mol. The summed E-state index contributed by atoms with van der Waals surface area (Å²) in [4.78, 5) is 13.8. The number of hydrogen-bond donors (Lipinski definition) is 1. The van der Waals surface area contributed by atoms with Gasteiger partial charge in [0.15, 0.2) is 0 Å². The molecule has 0 heterocycles. The first kappa shape index (κ1) is 14.5. The summed E-state index contributed by atoms with van der Waals surface area (Å²) in [7, 11) is 3.95. The van der Waals surface area contributed by atoms with Crippen LogP contribution in [0.3, 0.4) is 0 Å². The predicted molar refractivity (Wildman–Crippen MR) is 73.1 cm³/mol. The molecule has 0 aliphatic carbocycles. The SMILES string of the molecule is CC(C)Oc1ccc(C(=O)NCCN(C)C)cc1. The molecule has 0 saturated carbocycles. The van der Waals surface area contributed by atoms with Crippen LogP contribution in [0.4, 0.5) is 0 Å². The fourth-order valence-corrected chi connectivity index (χ4v) is 1.45. The number of likely N-dealkylation sites (N-methyl/N-ethyl adjacent to an activating group) is 1. The highest BCUT2D eigenvalue weighted by Gasteiger charge is 2.05. The maximum Gasteiger partial charge on any atom is 0.251 e. The minimum Gasteiger partial charge on any atom is -0.491 e. The van der Waals surface area contributed by atoms with E-state index in [1.54, 1.807) is 12.1 Å². The zero-order valence-electron chi connectivity index (χ0n) is 11.6. The Hall–Kier alpha value is -1.55. The van der Waals surface area contributed by atoms with E-state index in [-0.39, 0.29) is 12.0 Å². The van der Waals surface area contributed by atoms with E-state index in [0.717, 1.165) is 12.3 Å². The third-order valence-electron chi connectivity index (χ3n) is 2.33. The molecule has 0 bridgehead atoms. The Morgan fingerprint density at radius 3 is 2.39 bits per heavy atom. The maximum absolute atomic E-state index is 11.8. The third-order valence-corrected chi connectivity index (χ3v) is 2.33. The van der Waals surface area contributed by atoms with Crippen molar-refractivity contribution in [1.82, 2.24) is 10.2 Å². The fraction of sp³-hybridized carbons (Fsp3) is 0.500. The van der Waals surface area contributed by atoms with Gasteiger partial charge in [0.25, 0.3) is 5.91 Å². The van der Waals surface area contributed by atoms with Crippen LogP contribution in [0, 0.1) is 0 Å². The molecular weight excluding hydrogens is 228 g/mol. The van der Waals surface area contributed by atoms with Crippen LogP contribution < -0.4 is 10.1 Å². The topological polar surface area (TPSA) is 41.6 Å². The van der Waals surface area contributed by atoms with E-state index in [1.807, 2.05) is 45.0 Å². The lowest BCUT2D eigenvalue weighted by Crippen LogP contribution is -2.31. The first-order valence-electron chi connectivity index (χ1n) is 6.18. The Kier molecular flexibility index (Phi) is 5.65. The first-order chi connectivity index (χ1) is 8.49. The van der Waals surface area contributed by atoms with Gasteiger partial charge in [-0.15, -0.1) is 0 Å². The van der Waals surface area contributed by atoms with Gasteiger partial charge >= 0.3 is 0 Å². The summed E-state index contributed by atoms with van der Waals surface area (Å²) in [5, 5.41) is 2.87. The van der Waals surface area contributed by atoms with Gasteiger partial charge in [0, 0.05) is 18.7 Å². The molecule has 1 rings (SSSR count). The number of ether oxygens (including phenoxy) is 1. The van der Waals surface area contributed by atoms with Gasteiger partial charge in [-0.05, 0) is 52.2 Å². The number of nitrogens with zero attached hydrogens (tertiary/aromatic N) is 1. The van der Waals surface area contributed by atoms with Gasteiger partial charge in [0.05, 0.1) is 6.10 Å². The normalized spacial score (nSPS) is 10.8. The molecule has 0 aliphatic heterocycles. The van der Waals surface area contributed by atoms with Gasteiger partial charge in [0.2, 0.25) is 0 Å². The standard InChI is InChI=1S/C14H22N2O2/c1-11(2)18-13-7-5-12(6-8-13)14(17)15-9-10-16(3)4/h5-8,11H,9-10H2,1-4H3,(H,15,17). The van der Waals surface area contributed by atoms with Gasteiger partial charge in [0.1, 0.15) is 5.75 Å². The van der Waals surface area contributed by atoms with E-state index in [9.17, 15) is 4.79 Å². The van der Waals surface area contributed by atoms with Gasteiger partial charge < -0.3 is 15.0 Å². The number of benzene rings is 1. The van der Waals surface area contributed by atoms with Crippen molar-refractivity contribution in [3.8, 4) is 5.75 Å². The van der Waals surface area contributed by atoms with Gasteiger partial charge in [-0.25, -0.2) is 0 Å². The zero-order valence-corrected chi connectivity index (χ0v) is 11.6. The van der Waals surface area contributed by atoms with Crippen LogP contribution in [-0.2, 0) is 0 Å². The van der Waals surface area contributed by atoms with Crippen LogP contribution in [-0.4, -0.2) is 44.1 Å². The third kappa shape index (κ3) is 5.19. The van der Waals surface area contributed by atoms with E-state index in [1.165, 1.54) is 0 Å². The van der Waals surface area contributed by atoms with Crippen LogP contribution in [0.15, 0.2) is 24.3 Å². The molecular formula is C14H22N2O2. The number of rotatable bonds is 6. The average Bonchev–Trinajstić information content (AvgIpc) is 2.28. The van der Waals surface area contributed by atoms with E-state index in [4.69, 9.17) is 4.74 Å². The molecule has 0 aromatic heterocycles. The summed E-state index contributed by atoms with van der Waals surface area (Å²) in [6.07, 6.45) is 0.143. The lowest BCUT2D eigenvalue weighted by atomic mass is 10.2. The van der Waals surface area contributed by atoms with Gasteiger partial charge in [-0.2, -0.15) is 0 Å². The Balaban J connectivity index is 2.48. The van der Waals surface area contributed by atoms with Crippen molar-refractivity contribution in [2.45, 2.75) is 20.0 Å². The molecule has 0 radical (unpaired) electrons. The van der Waals surface area contributed by atoms with Crippen LogP contribution in [0.2, 0.25) is 0 Å². The second-order valence-corrected chi connectivity index (χ2v) is 4.75. The molecule has 100 valence electrons. The first-order valence-corrected chi connectivity index (χ1v) is 6.18. The van der Waals surface area contributed by atoms with Crippen LogP contribution >= 0.6 is 0 Å². The van der Waals surface area contributed by atoms with Gasteiger partial charge in [-0.1, -0.05) is 0 Å². The highest BCUT2D eigenvalue weighted by Crippen LogP contribution is 2.13. The smallest absolute Gasteiger partial charge is 0.251 e. The van der Waals surface area contributed by atoms with Crippen molar-refractivity contribution in [2.75, 3.05) is 27.2 Å². The summed E-state index contributed by atoms with van der Waals surface area (Å²) < 4.78 is 5.52. The summed E-state index contributed by atoms with van der Waals surface area (Å²) >= 11 is 0. The molecule has 4 heteroatoms. The molecule has 0 atom stereocenters. The van der Waals surface area contributed by atoms with E-state index < -0.39 is 0 Å². The Morgan fingerprint density at radius 2 is 1.89 bits per heavy atom. The van der Waals surface area contributed by atoms with Crippen molar-refractivity contribution in [3.63, 3.8) is 0 Å². The van der Waals surface area contributed by atoms with Crippen LogP contribution in [0.5, 0.6) is 5.75 Å². The molecule has 1 amide bonds. The van der Waals surface area contributed by atoms with Crippen molar-refractivity contribution in [2.24, 2.45) is 0 Å². The van der Waals surface area contributed by atoms with Gasteiger partial charge in [-0.3, -0.25) is 4.79 Å². The number of nitrogens with one attached hydrogen (secondary N) is 1. The molecule has 0 aliphatic rings. The number of carbonyl (C=O) groups is 1. The van der Waals surface area contributed by atoms with Crippen molar-refractivity contribution in [1.29, 1.82) is 0 Å². The van der Waals surface area contributed by atoms with Crippen LogP contribution in [0.25, 0.3) is 0 Å². The second-order valence-electron chi connectivity index (χ2n) is 4.75. The van der Waals surface area contributed by atoms with E-state index >= 15 is 0 Å². The molecule has 0 spiro atoms. The molecule has 0 saturated heterocycles. The Labute approximate surface area is 109 Å². The molecule has 0 unspecified atom stereocenters. The second kappa shape index (κ2) is 7.01. The molecule has 1 aromatic rings. The zero-order chi connectivity index (χ0) is 13.5. The number of amides is 1. The summed E-state index contributed by atoms with van der Waals surface area (Å²) in [6, 6.07) is 7.20. The molecule has 1 aromatic carbocycles. The highest BCUT2D eigenvalue weighted by atomic mass is 16.5. The molecule has 4 nitrogen and oxygen atoms in total. The summed E-state index contributed by atoms with van der Waals surface area (Å²) in [5.41, 5.74) is 0.657. The lowest BCUT2D eigenvalue weighted by Gasteiger charge is -2.11. The molecule has 0 fully saturated rings. The predicted octanol–water partition coefficient (Wildman–Crippen LogP) is 1.77. The van der Waals surface area contributed by atoms with E-state index in [2.05, 4.69) is 5.32 Å². The number of hydrogen-bond acceptors (Lipinski definition) is 3. The van der Waals surface area contributed by atoms with Crippen LogP contribution in [0.1, 0.15) is 24.2 Å². The summed E-state index contributed by atoms with van der Waals surface area (Å²) in [5.74, 6) is 0.739. The lowest BCUT2D eigenvalue weighted by molar-refractivity contribution is 0.0951. The maximum atomic E-state index is 11.8. The molecule has 1 N–H and O–H groups in total. The highest BCUT2D eigenvalue weighted by molar-refractivity contribution is 5.94. The summed E-state index contributed by atoms with van der Waals surface area (Å²) in [6.45, 7) is 5.43. The minimum atomic E-state index is -0.0482. The Bertz CT molecular complexity index is 372. The van der Waals surface area contributed by atoms with Crippen molar-refractivity contribution in [3.05, 3.63) is 29.8 Å². The number of carbonyl (C=O) groups excluding carboxylic acids is 1. The fourth-order valence-electron chi connectivity index (χ4n) is 1.45. The van der Waals surface area contributed by atoms with Crippen molar-refractivity contribution >= 4 is 5.91 Å².